The molecule has 3 N–H and O–H groups in total. The second-order valence-electron chi connectivity index (χ2n) is 5.50. The topological polar surface area (TPSA) is 106 Å². The van der Waals surface area contributed by atoms with E-state index in [1.165, 1.54) is 19.1 Å². The van der Waals surface area contributed by atoms with Gasteiger partial charge >= 0.3 is 0 Å². The number of amides is 3. The molecule has 0 bridgehead atoms. The summed E-state index contributed by atoms with van der Waals surface area (Å²) in [6.07, 6.45) is 0. The molecule has 0 fully saturated rings. The first-order chi connectivity index (χ1) is 13.0. The Kier molecular flexibility index (Phi) is 7.33. The van der Waals surface area contributed by atoms with Gasteiger partial charge in [-0.15, -0.1) is 0 Å². The van der Waals surface area contributed by atoms with Crippen molar-refractivity contribution in [2.75, 3.05) is 25.6 Å². The van der Waals surface area contributed by atoms with Crippen LogP contribution in [0.3, 0.4) is 0 Å². The molecule has 0 aromatic heterocycles. The van der Waals surface area contributed by atoms with Crippen LogP contribution in [0, 0.1) is 0 Å². The molecule has 0 aliphatic carbocycles. The molecule has 2 aromatic rings. The molecular weight excluding hydrogens is 350 g/mol. The number of methoxy groups -OCH3 is 1. The molecule has 27 heavy (non-hydrogen) atoms. The Bertz CT molecular complexity index is 805. The van der Waals surface area contributed by atoms with Crippen LogP contribution in [0.4, 0.5) is 5.69 Å². The van der Waals surface area contributed by atoms with Crippen LogP contribution in [0.25, 0.3) is 0 Å². The van der Waals surface area contributed by atoms with Crippen molar-refractivity contribution in [1.82, 2.24) is 10.9 Å². The van der Waals surface area contributed by atoms with Gasteiger partial charge in [-0.2, -0.15) is 0 Å². The summed E-state index contributed by atoms with van der Waals surface area (Å²) in [6.45, 7) is 2.09. The van der Waals surface area contributed by atoms with Crippen molar-refractivity contribution in [3.63, 3.8) is 0 Å². The van der Waals surface area contributed by atoms with E-state index in [0.717, 1.165) is 0 Å². The van der Waals surface area contributed by atoms with E-state index in [2.05, 4.69) is 16.2 Å². The minimum Gasteiger partial charge on any atom is -0.490 e. The summed E-state index contributed by atoms with van der Waals surface area (Å²) in [5.74, 6) is -0.812. The third-order valence-electron chi connectivity index (χ3n) is 3.43. The summed E-state index contributed by atoms with van der Waals surface area (Å²) in [4.78, 5) is 35.5. The number of hydrazine groups is 1. The van der Waals surface area contributed by atoms with Crippen LogP contribution >= 0.6 is 0 Å². The summed E-state index contributed by atoms with van der Waals surface area (Å²) < 4.78 is 10.4. The Morgan fingerprint density at radius 1 is 0.889 bits per heavy atom. The summed E-state index contributed by atoms with van der Waals surface area (Å²) in [7, 11) is 1.56. The Hall–Kier alpha value is -3.39. The Morgan fingerprint density at radius 2 is 1.56 bits per heavy atom. The van der Waals surface area contributed by atoms with Gasteiger partial charge in [-0.3, -0.25) is 25.2 Å². The van der Waals surface area contributed by atoms with Crippen LogP contribution in [0.1, 0.15) is 27.6 Å². The van der Waals surface area contributed by atoms with Gasteiger partial charge in [0.25, 0.3) is 11.8 Å². The fraction of sp³-hybridized carbons (Fsp3) is 0.211. The van der Waals surface area contributed by atoms with E-state index < -0.39 is 11.8 Å². The van der Waals surface area contributed by atoms with Gasteiger partial charge in [0.2, 0.25) is 5.91 Å². The summed E-state index contributed by atoms with van der Waals surface area (Å²) >= 11 is 0. The number of carbonyl (C=O) groups excluding carboxylic acids is 3. The first-order valence-electron chi connectivity index (χ1n) is 8.20. The molecule has 0 atom stereocenters. The van der Waals surface area contributed by atoms with Gasteiger partial charge in [0.1, 0.15) is 12.4 Å². The van der Waals surface area contributed by atoms with Crippen molar-refractivity contribution in [2.45, 2.75) is 6.92 Å². The zero-order valence-electron chi connectivity index (χ0n) is 15.1. The van der Waals surface area contributed by atoms with Gasteiger partial charge in [-0.05, 0) is 36.4 Å². The van der Waals surface area contributed by atoms with Crippen molar-refractivity contribution in [3.8, 4) is 5.75 Å². The number of hydrogen-bond acceptors (Lipinski definition) is 5. The number of ether oxygens (including phenoxy) is 2. The van der Waals surface area contributed by atoms with Gasteiger partial charge in [-0.25, -0.2) is 0 Å². The molecule has 0 heterocycles. The fourth-order valence-electron chi connectivity index (χ4n) is 2.18. The van der Waals surface area contributed by atoms with Crippen LogP contribution in [0.2, 0.25) is 0 Å². The zero-order valence-corrected chi connectivity index (χ0v) is 15.1. The average molecular weight is 371 g/mol. The highest BCUT2D eigenvalue weighted by Gasteiger charge is 2.13. The average Bonchev–Trinajstić information content (AvgIpc) is 2.66. The normalized spacial score (nSPS) is 10.0. The molecule has 8 nitrogen and oxygen atoms in total. The van der Waals surface area contributed by atoms with Gasteiger partial charge in [0, 0.05) is 25.3 Å². The summed E-state index contributed by atoms with van der Waals surface area (Å²) in [5, 5.41) is 2.61. The maximum atomic E-state index is 12.3. The number of rotatable bonds is 7. The zero-order chi connectivity index (χ0) is 19.6. The van der Waals surface area contributed by atoms with Crippen LogP contribution in [0.5, 0.6) is 5.75 Å². The third kappa shape index (κ3) is 6.12. The van der Waals surface area contributed by atoms with E-state index in [0.29, 0.717) is 30.2 Å². The van der Waals surface area contributed by atoms with Gasteiger partial charge in [0.05, 0.1) is 12.2 Å². The maximum absolute atomic E-state index is 12.3. The highest BCUT2D eigenvalue weighted by Crippen LogP contribution is 2.17. The second kappa shape index (κ2) is 9.93. The molecule has 0 unspecified atom stereocenters. The van der Waals surface area contributed by atoms with E-state index in [1.54, 1.807) is 43.5 Å². The van der Waals surface area contributed by atoms with E-state index >= 15 is 0 Å². The van der Waals surface area contributed by atoms with Crippen molar-refractivity contribution < 1.29 is 23.9 Å². The number of carbonyl (C=O) groups is 3. The van der Waals surface area contributed by atoms with Crippen molar-refractivity contribution >= 4 is 23.4 Å². The lowest BCUT2D eigenvalue weighted by Crippen LogP contribution is -2.41. The second-order valence-corrected chi connectivity index (χ2v) is 5.50. The highest BCUT2D eigenvalue weighted by atomic mass is 16.5. The first kappa shape index (κ1) is 19.9. The Labute approximate surface area is 156 Å². The quantitative estimate of drug-likeness (QED) is 0.508. The number of para-hydroxylation sites is 1. The van der Waals surface area contributed by atoms with E-state index in [4.69, 9.17) is 9.47 Å². The predicted molar refractivity (Wildman–Crippen MR) is 99.5 cm³/mol. The van der Waals surface area contributed by atoms with Crippen LogP contribution in [-0.2, 0) is 9.53 Å². The molecule has 2 aromatic carbocycles. The van der Waals surface area contributed by atoms with Crippen LogP contribution in [0.15, 0.2) is 48.5 Å². The van der Waals surface area contributed by atoms with Crippen molar-refractivity contribution in [1.29, 1.82) is 0 Å². The number of benzene rings is 2. The van der Waals surface area contributed by atoms with E-state index in [9.17, 15) is 14.4 Å². The maximum Gasteiger partial charge on any atom is 0.273 e. The molecule has 0 radical (unpaired) electrons. The first-order valence-corrected chi connectivity index (χ1v) is 8.20. The summed E-state index contributed by atoms with van der Waals surface area (Å²) in [6, 6.07) is 12.9. The number of nitrogens with one attached hydrogen (secondary N) is 3. The Balaban J connectivity index is 1.95. The smallest absolute Gasteiger partial charge is 0.273 e. The van der Waals surface area contributed by atoms with Crippen molar-refractivity contribution in [2.24, 2.45) is 0 Å². The largest absolute Gasteiger partial charge is 0.490 e. The molecule has 2 rings (SSSR count). The molecule has 8 heteroatoms. The predicted octanol–water partition coefficient (Wildman–Crippen LogP) is 1.74. The number of hydrogen-bond donors (Lipinski definition) is 3. The monoisotopic (exact) mass is 371 g/mol. The number of anilines is 1. The minimum atomic E-state index is -0.508. The Morgan fingerprint density at radius 3 is 2.22 bits per heavy atom. The van der Waals surface area contributed by atoms with Gasteiger partial charge in [0.15, 0.2) is 0 Å². The standard InChI is InChI=1S/C19H21N3O5/c1-13(23)20-15-9-7-14(8-10-15)18(24)21-22-19(25)16-5-3-4-6-17(16)27-12-11-26-2/h3-10H,11-12H2,1-2H3,(H,20,23)(H,21,24)(H,22,25). The molecule has 142 valence electrons. The lowest BCUT2D eigenvalue weighted by Gasteiger charge is -2.12. The van der Waals surface area contributed by atoms with Gasteiger partial charge in [-0.1, -0.05) is 12.1 Å². The van der Waals surface area contributed by atoms with Crippen LogP contribution in [-0.4, -0.2) is 38.0 Å². The third-order valence-corrected chi connectivity index (χ3v) is 3.43. The molecule has 3 amide bonds. The SMILES string of the molecule is COCCOc1ccccc1C(=O)NNC(=O)c1ccc(NC(C)=O)cc1. The fourth-order valence-corrected chi connectivity index (χ4v) is 2.18. The van der Waals surface area contributed by atoms with E-state index in [1.807, 2.05) is 0 Å². The van der Waals surface area contributed by atoms with E-state index in [-0.39, 0.29) is 11.5 Å². The van der Waals surface area contributed by atoms with Crippen molar-refractivity contribution in [3.05, 3.63) is 59.7 Å². The molecular formula is C19H21N3O5. The molecule has 0 aliphatic heterocycles. The highest BCUT2D eigenvalue weighted by molar-refractivity contribution is 6.00. The molecule has 0 saturated carbocycles. The lowest BCUT2D eigenvalue weighted by molar-refractivity contribution is -0.114. The molecule has 0 aliphatic rings. The molecule has 0 spiro atoms. The van der Waals surface area contributed by atoms with Crippen LogP contribution < -0.4 is 20.9 Å². The molecule has 0 saturated heterocycles. The van der Waals surface area contributed by atoms with Gasteiger partial charge < -0.3 is 14.8 Å². The lowest BCUT2D eigenvalue weighted by atomic mass is 10.2. The summed E-state index contributed by atoms with van der Waals surface area (Å²) in [5.41, 5.74) is 5.89. The minimum absolute atomic E-state index is 0.203.